The van der Waals surface area contributed by atoms with E-state index in [-0.39, 0.29) is 11.3 Å². The van der Waals surface area contributed by atoms with Gasteiger partial charge in [0.25, 0.3) is 0 Å². The third-order valence-electron chi connectivity index (χ3n) is 2.67. The largest absolute Gasteiger partial charge is 0.456 e. The molecule has 0 spiro atoms. The van der Waals surface area contributed by atoms with Crippen LogP contribution < -0.4 is 5.63 Å². The number of halogens is 1. The van der Waals surface area contributed by atoms with Crippen molar-refractivity contribution in [2.24, 2.45) is 0 Å². The highest BCUT2D eigenvalue weighted by Crippen LogP contribution is 2.25. The molecule has 0 atom stereocenters. The number of rotatable bonds is 1. The Hall–Kier alpha value is -1.81. The lowest BCUT2D eigenvalue weighted by Crippen LogP contribution is -2.25. The SMILES string of the molecule is Cc1oc(=O)c2ccc(Cl)cc2c1C(=O)OC(C)(C)C. The van der Waals surface area contributed by atoms with Crippen LogP contribution in [0.2, 0.25) is 5.02 Å². The number of hydrogen-bond donors (Lipinski definition) is 0. The topological polar surface area (TPSA) is 56.5 Å². The highest BCUT2D eigenvalue weighted by atomic mass is 35.5. The van der Waals surface area contributed by atoms with Crippen molar-refractivity contribution in [3.63, 3.8) is 0 Å². The molecule has 0 bridgehead atoms. The molecule has 0 saturated heterocycles. The van der Waals surface area contributed by atoms with Crippen molar-refractivity contribution in [3.05, 3.63) is 45.0 Å². The number of aryl methyl sites for hydroxylation is 1. The molecule has 20 heavy (non-hydrogen) atoms. The van der Waals surface area contributed by atoms with Crippen LogP contribution in [0, 0.1) is 6.92 Å². The molecule has 0 N–H and O–H groups in total. The van der Waals surface area contributed by atoms with E-state index in [0.717, 1.165) is 0 Å². The van der Waals surface area contributed by atoms with E-state index in [1.807, 2.05) is 0 Å². The fraction of sp³-hybridized carbons (Fsp3) is 0.333. The molecule has 0 unspecified atom stereocenters. The third-order valence-corrected chi connectivity index (χ3v) is 2.91. The van der Waals surface area contributed by atoms with Crippen molar-refractivity contribution in [2.75, 3.05) is 0 Å². The van der Waals surface area contributed by atoms with Crippen molar-refractivity contribution in [1.29, 1.82) is 0 Å². The summed E-state index contributed by atoms with van der Waals surface area (Å²) in [4.78, 5) is 24.1. The molecule has 2 rings (SSSR count). The summed E-state index contributed by atoms with van der Waals surface area (Å²) in [5, 5.41) is 1.19. The number of benzene rings is 1. The molecule has 0 aliphatic rings. The highest BCUT2D eigenvalue weighted by Gasteiger charge is 2.23. The zero-order valence-electron chi connectivity index (χ0n) is 11.7. The Morgan fingerprint density at radius 3 is 2.50 bits per heavy atom. The first-order chi connectivity index (χ1) is 9.19. The molecule has 0 radical (unpaired) electrons. The average Bonchev–Trinajstić information content (AvgIpc) is 2.25. The first-order valence-corrected chi connectivity index (χ1v) is 6.53. The standard InChI is InChI=1S/C15H15ClO4/c1-8-12(14(18)20-15(2,3)4)11-7-9(16)5-6-10(11)13(17)19-8/h5-7H,1-4H3. The molecule has 5 heteroatoms. The number of ether oxygens (including phenoxy) is 1. The van der Waals surface area contributed by atoms with Crippen LogP contribution in [-0.2, 0) is 4.74 Å². The lowest BCUT2D eigenvalue weighted by atomic mass is 10.1. The first-order valence-electron chi connectivity index (χ1n) is 6.15. The van der Waals surface area contributed by atoms with Crippen LogP contribution in [0.15, 0.2) is 27.4 Å². The Morgan fingerprint density at radius 2 is 1.90 bits per heavy atom. The van der Waals surface area contributed by atoms with Gasteiger partial charge < -0.3 is 9.15 Å². The Bertz CT molecular complexity index is 738. The van der Waals surface area contributed by atoms with E-state index in [0.29, 0.717) is 15.8 Å². The van der Waals surface area contributed by atoms with Gasteiger partial charge in [0, 0.05) is 10.4 Å². The van der Waals surface area contributed by atoms with Crippen LogP contribution in [0.1, 0.15) is 36.9 Å². The van der Waals surface area contributed by atoms with Gasteiger partial charge in [0.05, 0.1) is 5.39 Å². The summed E-state index contributed by atoms with van der Waals surface area (Å²) < 4.78 is 10.4. The van der Waals surface area contributed by atoms with Gasteiger partial charge in [-0.05, 0) is 45.9 Å². The van der Waals surface area contributed by atoms with Gasteiger partial charge >= 0.3 is 11.6 Å². The van der Waals surface area contributed by atoms with E-state index >= 15 is 0 Å². The summed E-state index contributed by atoms with van der Waals surface area (Å²) in [5.41, 5.74) is -0.900. The van der Waals surface area contributed by atoms with E-state index < -0.39 is 17.2 Å². The van der Waals surface area contributed by atoms with Crippen LogP contribution >= 0.6 is 11.6 Å². The Kier molecular flexibility index (Phi) is 3.61. The molecule has 1 heterocycles. The van der Waals surface area contributed by atoms with Crippen molar-refractivity contribution in [1.82, 2.24) is 0 Å². The highest BCUT2D eigenvalue weighted by molar-refractivity contribution is 6.31. The summed E-state index contributed by atoms with van der Waals surface area (Å²) >= 11 is 5.95. The third kappa shape index (κ3) is 2.85. The molecule has 4 nitrogen and oxygen atoms in total. The molecule has 0 fully saturated rings. The fourth-order valence-corrected chi connectivity index (χ4v) is 2.09. The monoisotopic (exact) mass is 294 g/mol. The summed E-state index contributed by atoms with van der Waals surface area (Å²) in [7, 11) is 0. The molecule has 0 aliphatic heterocycles. The molecule has 106 valence electrons. The minimum atomic E-state index is -0.634. The molecular formula is C15H15ClO4. The van der Waals surface area contributed by atoms with Gasteiger partial charge in [-0.15, -0.1) is 0 Å². The number of hydrogen-bond acceptors (Lipinski definition) is 4. The molecule has 1 aromatic heterocycles. The smallest absolute Gasteiger partial charge is 0.343 e. The van der Waals surface area contributed by atoms with Crippen molar-refractivity contribution < 1.29 is 13.9 Å². The molecule has 2 aromatic rings. The predicted octanol–water partition coefficient (Wildman–Crippen LogP) is 3.71. The second-order valence-corrected chi connectivity index (χ2v) is 5.95. The summed E-state index contributed by atoms with van der Waals surface area (Å²) in [6.45, 7) is 6.87. The van der Waals surface area contributed by atoms with Gasteiger partial charge in [-0.2, -0.15) is 0 Å². The fourth-order valence-electron chi connectivity index (χ4n) is 1.92. The normalized spacial score (nSPS) is 11.7. The van der Waals surface area contributed by atoms with Crippen LogP contribution in [0.3, 0.4) is 0 Å². The van der Waals surface area contributed by atoms with Gasteiger partial charge in [0.15, 0.2) is 0 Å². The van der Waals surface area contributed by atoms with Crippen LogP contribution in [0.5, 0.6) is 0 Å². The average molecular weight is 295 g/mol. The lowest BCUT2D eigenvalue weighted by molar-refractivity contribution is 0.00682. The van der Waals surface area contributed by atoms with Crippen molar-refractivity contribution >= 4 is 28.3 Å². The van der Waals surface area contributed by atoms with E-state index in [4.69, 9.17) is 20.8 Å². The van der Waals surface area contributed by atoms with Gasteiger partial charge in [-0.1, -0.05) is 11.6 Å². The van der Waals surface area contributed by atoms with E-state index in [2.05, 4.69) is 0 Å². The van der Waals surface area contributed by atoms with Gasteiger partial charge in [-0.25, -0.2) is 9.59 Å². The molecule has 0 amide bonds. The second-order valence-electron chi connectivity index (χ2n) is 5.51. The maximum absolute atomic E-state index is 12.3. The molecule has 1 aromatic carbocycles. The number of carbonyl (C=O) groups is 1. The van der Waals surface area contributed by atoms with E-state index in [9.17, 15) is 9.59 Å². The summed E-state index contributed by atoms with van der Waals surface area (Å²) in [6, 6.07) is 4.69. The van der Waals surface area contributed by atoms with Crippen molar-refractivity contribution in [2.45, 2.75) is 33.3 Å². The van der Waals surface area contributed by atoms with E-state index in [1.54, 1.807) is 39.8 Å². The van der Waals surface area contributed by atoms with Gasteiger partial charge in [0.2, 0.25) is 0 Å². The summed E-state index contributed by atoms with van der Waals surface area (Å²) in [5.74, 6) is -0.315. The summed E-state index contributed by atoms with van der Waals surface area (Å²) in [6.07, 6.45) is 0. The zero-order chi connectivity index (χ0) is 15.1. The minimum Gasteiger partial charge on any atom is -0.456 e. The van der Waals surface area contributed by atoms with Gasteiger partial charge in [-0.3, -0.25) is 0 Å². The Morgan fingerprint density at radius 1 is 1.25 bits per heavy atom. The minimum absolute atomic E-state index is 0.221. The van der Waals surface area contributed by atoms with Crippen molar-refractivity contribution in [3.8, 4) is 0 Å². The number of carbonyl (C=O) groups excluding carboxylic acids is 1. The quantitative estimate of drug-likeness (QED) is 0.752. The van der Waals surface area contributed by atoms with Crippen LogP contribution in [0.4, 0.5) is 0 Å². The van der Waals surface area contributed by atoms with Crippen LogP contribution in [0.25, 0.3) is 10.8 Å². The number of fused-ring (bicyclic) bond motifs is 1. The molecule has 0 aliphatic carbocycles. The second kappa shape index (κ2) is 4.94. The molecular weight excluding hydrogens is 280 g/mol. The van der Waals surface area contributed by atoms with Crippen LogP contribution in [-0.4, -0.2) is 11.6 Å². The van der Waals surface area contributed by atoms with E-state index in [1.165, 1.54) is 6.07 Å². The predicted molar refractivity (Wildman–Crippen MR) is 77.4 cm³/mol. The Labute approximate surface area is 121 Å². The maximum Gasteiger partial charge on any atom is 0.343 e. The Balaban J connectivity index is 2.72. The lowest BCUT2D eigenvalue weighted by Gasteiger charge is -2.20. The molecule has 0 saturated carbocycles. The first kappa shape index (κ1) is 14.6. The van der Waals surface area contributed by atoms with Gasteiger partial charge in [0.1, 0.15) is 16.9 Å². The number of esters is 1. The zero-order valence-corrected chi connectivity index (χ0v) is 12.5. The maximum atomic E-state index is 12.3.